The third-order valence-electron chi connectivity index (χ3n) is 4.92. The first-order chi connectivity index (χ1) is 10.7. The Balaban J connectivity index is 2.45. The molecule has 3 heteroatoms. The number of nitrogens with one attached hydrogen (secondary N) is 1. The number of unbranched alkanes of at least 4 members (excludes halogenated alkanes) is 4. The van der Waals surface area contributed by atoms with Gasteiger partial charge in [0.05, 0.1) is 5.92 Å². The highest BCUT2D eigenvalue weighted by Crippen LogP contribution is 2.31. The normalized spacial score (nSPS) is 21.8. The van der Waals surface area contributed by atoms with Crippen LogP contribution in [-0.4, -0.2) is 23.2 Å². The Labute approximate surface area is 143 Å². The van der Waals surface area contributed by atoms with Gasteiger partial charge in [0, 0.05) is 23.9 Å². The van der Waals surface area contributed by atoms with Crippen molar-refractivity contribution in [1.29, 1.82) is 0 Å². The molecule has 3 nitrogen and oxygen atoms in total. The van der Waals surface area contributed by atoms with E-state index in [0.717, 1.165) is 32.1 Å². The number of ether oxygens (including phenoxy) is 1. The number of carbonyl (C=O) groups is 1. The molecule has 0 radical (unpaired) electrons. The van der Waals surface area contributed by atoms with Crippen molar-refractivity contribution in [3.8, 4) is 0 Å². The van der Waals surface area contributed by atoms with Crippen LogP contribution in [0.2, 0.25) is 0 Å². The molecule has 1 saturated heterocycles. The summed E-state index contributed by atoms with van der Waals surface area (Å²) in [6.45, 7) is 13.1. The van der Waals surface area contributed by atoms with Crippen molar-refractivity contribution < 1.29 is 9.53 Å². The summed E-state index contributed by atoms with van der Waals surface area (Å²) >= 11 is 0. The van der Waals surface area contributed by atoms with E-state index in [1.165, 1.54) is 25.7 Å². The van der Waals surface area contributed by atoms with Crippen LogP contribution in [0, 0.1) is 5.92 Å². The first kappa shape index (κ1) is 20.5. The van der Waals surface area contributed by atoms with Gasteiger partial charge in [0.25, 0.3) is 0 Å². The van der Waals surface area contributed by atoms with E-state index in [0.29, 0.717) is 0 Å². The summed E-state index contributed by atoms with van der Waals surface area (Å²) in [5, 5.41) is 3.64. The molecule has 0 aromatic heterocycles. The molecule has 1 aliphatic heterocycles. The summed E-state index contributed by atoms with van der Waals surface area (Å²) in [7, 11) is 0. The Morgan fingerprint density at radius 2 is 1.61 bits per heavy atom. The summed E-state index contributed by atoms with van der Waals surface area (Å²) in [4.78, 5) is 12.5. The van der Waals surface area contributed by atoms with Crippen molar-refractivity contribution in [3.63, 3.8) is 0 Å². The number of piperidine rings is 1. The highest BCUT2D eigenvalue weighted by atomic mass is 16.5. The molecule has 0 bridgehead atoms. The van der Waals surface area contributed by atoms with E-state index in [2.05, 4.69) is 46.9 Å². The molecule has 1 atom stereocenters. The van der Waals surface area contributed by atoms with Crippen LogP contribution in [0.3, 0.4) is 0 Å². The highest BCUT2D eigenvalue weighted by molar-refractivity contribution is 5.72. The Kier molecular flexibility index (Phi) is 8.06. The molecule has 136 valence electrons. The number of rotatable bonds is 9. The second-order valence-corrected chi connectivity index (χ2v) is 8.67. The number of carbonyl (C=O) groups excluding carboxylic acids is 1. The third-order valence-corrected chi connectivity index (χ3v) is 4.92. The van der Waals surface area contributed by atoms with Gasteiger partial charge in [-0.15, -0.1) is 0 Å². The van der Waals surface area contributed by atoms with Crippen LogP contribution in [0.1, 0.15) is 99.3 Å². The average Bonchev–Trinajstić information content (AvgIpc) is 2.39. The fourth-order valence-corrected chi connectivity index (χ4v) is 4.06. The van der Waals surface area contributed by atoms with Crippen molar-refractivity contribution in [1.82, 2.24) is 5.32 Å². The molecule has 1 rings (SSSR count). The topological polar surface area (TPSA) is 38.3 Å². The van der Waals surface area contributed by atoms with E-state index >= 15 is 0 Å². The lowest BCUT2D eigenvalue weighted by Crippen LogP contribution is -2.59. The maximum Gasteiger partial charge on any atom is 0.309 e. The minimum Gasteiger partial charge on any atom is -0.462 e. The van der Waals surface area contributed by atoms with Crippen molar-refractivity contribution in [3.05, 3.63) is 0 Å². The standard InChI is InChI=1S/C20H39NO2/c1-7-9-10-11-12-13-16(8-2)18(22)23-17-14-19(3,4)21-20(5,6)15-17/h16-17,21H,7-15H2,1-6H3. The zero-order valence-electron chi connectivity index (χ0n) is 16.3. The molecule has 1 fully saturated rings. The number of hydrogen-bond acceptors (Lipinski definition) is 3. The monoisotopic (exact) mass is 325 g/mol. The molecule has 0 aromatic carbocycles. The zero-order valence-corrected chi connectivity index (χ0v) is 16.3. The molecular weight excluding hydrogens is 286 g/mol. The molecule has 0 aliphatic carbocycles. The van der Waals surface area contributed by atoms with Gasteiger partial charge < -0.3 is 10.1 Å². The van der Waals surface area contributed by atoms with E-state index in [4.69, 9.17) is 4.74 Å². The molecule has 1 aliphatic rings. The predicted octanol–water partition coefficient (Wildman–Crippen LogP) is 5.23. The first-order valence-electron chi connectivity index (χ1n) is 9.69. The van der Waals surface area contributed by atoms with Gasteiger partial charge in [-0.3, -0.25) is 4.79 Å². The third kappa shape index (κ3) is 7.69. The number of esters is 1. The molecule has 1 unspecified atom stereocenters. The van der Waals surface area contributed by atoms with Gasteiger partial charge in [-0.05, 0) is 40.5 Å². The molecule has 0 amide bonds. The Bertz CT molecular complexity index is 347. The largest absolute Gasteiger partial charge is 0.462 e. The van der Waals surface area contributed by atoms with Gasteiger partial charge in [0.1, 0.15) is 6.10 Å². The maximum atomic E-state index is 12.5. The van der Waals surface area contributed by atoms with E-state index in [1.807, 2.05) is 0 Å². The lowest BCUT2D eigenvalue weighted by molar-refractivity contribution is -0.158. The van der Waals surface area contributed by atoms with Crippen LogP contribution >= 0.6 is 0 Å². The van der Waals surface area contributed by atoms with Gasteiger partial charge in [0.15, 0.2) is 0 Å². The van der Waals surface area contributed by atoms with Crippen LogP contribution in [0.4, 0.5) is 0 Å². The van der Waals surface area contributed by atoms with Crippen molar-refractivity contribution >= 4 is 5.97 Å². The summed E-state index contributed by atoms with van der Waals surface area (Å²) in [5.41, 5.74) is 0.0448. The predicted molar refractivity (Wildman–Crippen MR) is 97.6 cm³/mol. The van der Waals surface area contributed by atoms with Crippen molar-refractivity contribution in [2.24, 2.45) is 5.92 Å². The van der Waals surface area contributed by atoms with Gasteiger partial charge in [-0.1, -0.05) is 46.0 Å². The van der Waals surface area contributed by atoms with Gasteiger partial charge in [-0.2, -0.15) is 0 Å². The van der Waals surface area contributed by atoms with Gasteiger partial charge in [0.2, 0.25) is 0 Å². The molecule has 1 N–H and O–H groups in total. The fourth-order valence-electron chi connectivity index (χ4n) is 4.06. The first-order valence-corrected chi connectivity index (χ1v) is 9.69. The summed E-state index contributed by atoms with van der Waals surface area (Å²) < 4.78 is 5.91. The fraction of sp³-hybridized carbons (Fsp3) is 0.950. The SMILES string of the molecule is CCCCCCCC(CC)C(=O)OC1CC(C)(C)NC(C)(C)C1. The van der Waals surface area contributed by atoms with Crippen molar-refractivity contribution in [2.45, 2.75) is 117 Å². The van der Waals surface area contributed by atoms with E-state index in [-0.39, 0.29) is 29.1 Å². The summed E-state index contributed by atoms with van der Waals surface area (Å²) in [6.07, 6.45) is 9.97. The minimum atomic E-state index is 0.0224. The minimum absolute atomic E-state index is 0.0224. The Morgan fingerprint density at radius 3 is 2.13 bits per heavy atom. The Hall–Kier alpha value is -0.570. The maximum absolute atomic E-state index is 12.5. The second-order valence-electron chi connectivity index (χ2n) is 8.67. The zero-order chi connectivity index (χ0) is 17.5. The summed E-state index contributed by atoms with van der Waals surface area (Å²) in [5.74, 6) is 0.110. The van der Waals surface area contributed by atoms with E-state index in [1.54, 1.807) is 0 Å². The van der Waals surface area contributed by atoms with Gasteiger partial charge in [-0.25, -0.2) is 0 Å². The molecule has 0 aromatic rings. The second kappa shape index (κ2) is 9.05. The average molecular weight is 326 g/mol. The molecule has 23 heavy (non-hydrogen) atoms. The van der Waals surface area contributed by atoms with Crippen LogP contribution in [0.15, 0.2) is 0 Å². The quantitative estimate of drug-likeness (QED) is 0.466. The molecule has 0 saturated carbocycles. The smallest absolute Gasteiger partial charge is 0.309 e. The molecule has 0 spiro atoms. The lowest BCUT2D eigenvalue weighted by atomic mass is 9.81. The lowest BCUT2D eigenvalue weighted by Gasteiger charge is -2.46. The number of hydrogen-bond donors (Lipinski definition) is 1. The van der Waals surface area contributed by atoms with E-state index < -0.39 is 0 Å². The van der Waals surface area contributed by atoms with E-state index in [9.17, 15) is 4.79 Å². The van der Waals surface area contributed by atoms with Crippen LogP contribution in [0.5, 0.6) is 0 Å². The Morgan fingerprint density at radius 1 is 1.04 bits per heavy atom. The van der Waals surface area contributed by atoms with Crippen LogP contribution in [0.25, 0.3) is 0 Å². The molecular formula is C20H39NO2. The van der Waals surface area contributed by atoms with Crippen LogP contribution < -0.4 is 5.32 Å². The molecule has 1 heterocycles. The van der Waals surface area contributed by atoms with Crippen molar-refractivity contribution in [2.75, 3.05) is 0 Å². The summed E-state index contributed by atoms with van der Waals surface area (Å²) in [6, 6.07) is 0. The highest BCUT2D eigenvalue weighted by Gasteiger charge is 2.39. The van der Waals surface area contributed by atoms with Gasteiger partial charge >= 0.3 is 5.97 Å². The van der Waals surface area contributed by atoms with Crippen LogP contribution in [-0.2, 0) is 9.53 Å².